The molecule has 0 aromatic carbocycles. The van der Waals surface area contributed by atoms with Gasteiger partial charge in [0, 0.05) is 18.3 Å². The second-order valence-electron chi connectivity index (χ2n) is 1.84. The largest absolute Gasteiger partial charge is 0.264 e. The van der Waals surface area contributed by atoms with E-state index in [0.29, 0.717) is 5.88 Å². The molecule has 1 aromatic rings. The second-order valence-corrected chi connectivity index (χ2v) is 2.15. The molecule has 0 amide bonds. The Balaban J connectivity index is 2.67. The normalized spacial score (nSPS) is 10.5. The number of nitrogens with zero attached hydrogens (tertiary/aromatic N) is 1. The molecule has 52 valence electrons. The summed E-state index contributed by atoms with van der Waals surface area (Å²) >= 11 is 5.44. The maximum Gasteiger partial charge on any atom is 0.0407 e. The Morgan fingerprint density at radius 3 is 3.10 bits per heavy atom. The Morgan fingerprint density at radius 2 is 2.50 bits per heavy atom. The first-order valence-corrected chi connectivity index (χ1v) is 3.59. The monoisotopic (exact) mass is 153 g/mol. The molecule has 0 N–H and O–H groups in total. The molecule has 0 fully saturated rings. The highest BCUT2D eigenvalue weighted by Gasteiger charge is 1.80. The van der Waals surface area contributed by atoms with Gasteiger partial charge in [0.05, 0.1) is 0 Å². The number of pyridine rings is 1. The van der Waals surface area contributed by atoms with Crippen LogP contribution in [-0.2, 0) is 0 Å². The van der Waals surface area contributed by atoms with Gasteiger partial charge in [0.25, 0.3) is 0 Å². The summed E-state index contributed by atoms with van der Waals surface area (Å²) in [7, 11) is 0. The van der Waals surface area contributed by atoms with E-state index in [0.717, 1.165) is 5.56 Å². The van der Waals surface area contributed by atoms with Crippen molar-refractivity contribution in [2.75, 3.05) is 5.88 Å². The molecule has 1 rings (SSSR count). The number of alkyl halides is 1. The summed E-state index contributed by atoms with van der Waals surface area (Å²) in [6.45, 7) is 0. The first kappa shape index (κ1) is 7.29. The van der Waals surface area contributed by atoms with Crippen molar-refractivity contribution < 1.29 is 0 Å². The minimum absolute atomic E-state index is 0.550. The van der Waals surface area contributed by atoms with Gasteiger partial charge in [-0.05, 0) is 11.6 Å². The second kappa shape index (κ2) is 4.07. The van der Waals surface area contributed by atoms with Crippen molar-refractivity contribution in [1.29, 1.82) is 0 Å². The first-order valence-electron chi connectivity index (χ1n) is 3.06. The van der Waals surface area contributed by atoms with Crippen LogP contribution in [0.25, 0.3) is 6.08 Å². The van der Waals surface area contributed by atoms with Crippen LogP contribution in [0.3, 0.4) is 0 Å². The van der Waals surface area contributed by atoms with Crippen molar-refractivity contribution in [3.8, 4) is 0 Å². The Labute approximate surface area is 65.4 Å². The maximum atomic E-state index is 5.44. The van der Waals surface area contributed by atoms with Crippen molar-refractivity contribution in [3.05, 3.63) is 36.2 Å². The van der Waals surface area contributed by atoms with Gasteiger partial charge in [0.15, 0.2) is 0 Å². The van der Waals surface area contributed by atoms with Crippen molar-refractivity contribution in [3.63, 3.8) is 0 Å². The highest BCUT2D eigenvalue weighted by atomic mass is 35.5. The average Bonchev–Trinajstić information content (AvgIpc) is 2.03. The van der Waals surface area contributed by atoms with E-state index in [1.165, 1.54) is 0 Å². The standard InChI is InChI=1S/C8H8ClN/c9-5-1-3-8-4-2-6-10-7-8/h1-4,6-7H,5H2. The molecule has 0 saturated heterocycles. The van der Waals surface area contributed by atoms with Crippen LogP contribution in [0.5, 0.6) is 0 Å². The molecule has 2 heteroatoms. The highest BCUT2D eigenvalue weighted by molar-refractivity contribution is 6.19. The van der Waals surface area contributed by atoms with Gasteiger partial charge in [0.1, 0.15) is 0 Å². The topological polar surface area (TPSA) is 12.9 Å². The third-order valence-electron chi connectivity index (χ3n) is 1.08. The number of allylic oxidation sites excluding steroid dienone is 1. The molecular weight excluding hydrogens is 146 g/mol. The summed E-state index contributed by atoms with van der Waals surface area (Å²) < 4.78 is 0. The molecule has 0 atom stereocenters. The number of rotatable bonds is 2. The summed E-state index contributed by atoms with van der Waals surface area (Å²) in [6, 6.07) is 3.88. The molecule has 1 nitrogen and oxygen atoms in total. The van der Waals surface area contributed by atoms with Gasteiger partial charge in [-0.3, -0.25) is 4.98 Å². The molecule has 0 bridgehead atoms. The molecule has 0 saturated carbocycles. The number of hydrogen-bond acceptors (Lipinski definition) is 1. The van der Waals surface area contributed by atoms with E-state index < -0.39 is 0 Å². The van der Waals surface area contributed by atoms with Crippen LogP contribution in [-0.4, -0.2) is 10.9 Å². The Hall–Kier alpha value is -0.820. The highest BCUT2D eigenvalue weighted by Crippen LogP contribution is 1.97. The minimum Gasteiger partial charge on any atom is -0.264 e. The Bertz CT molecular complexity index is 206. The van der Waals surface area contributed by atoms with Crippen molar-refractivity contribution in [2.45, 2.75) is 0 Å². The predicted molar refractivity (Wildman–Crippen MR) is 44.0 cm³/mol. The first-order chi connectivity index (χ1) is 4.93. The SMILES string of the molecule is ClCC=Cc1cccnc1. The number of hydrogen-bond donors (Lipinski definition) is 0. The molecule has 0 aliphatic heterocycles. The zero-order chi connectivity index (χ0) is 7.23. The predicted octanol–water partition coefficient (Wildman–Crippen LogP) is 2.33. The van der Waals surface area contributed by atoms with Gasteiger partial charge in [0.2, 0.25) is 0 Å². The Morgan fingerprint density at radius 1 is 1.60 bits per heavy atom. The summed E-state index contributed by atoms with van der Waals surface area (Å²) in [5, 5.41) is 0. The summed E-state index contributed by atoms with van der Waals surface area (Å²) in [5.41, 5.74) is 1.09. The lowest BCUT2D eigenvalue weighted by molar-refractivity contribution is 1.32. The molecule has 0 unspecified atom stereocenters. The van der Waals surface area contributed by atoms with Crippen molar-refractivity contribution in [2.24, 2.45) is 0 Å². The van der Waals surface area contributed by atoms with Gasteiger partial charge in [-0.1, -0.05) is 18.2 Å². The minimum atomic E-state index is 0.550. The van der Waals surface area contributed by atoms with Crippen LogP contribution in [0, 0.1) is 0 Å². The van der Waals surface area contributed by atoms with Crippen LogP contribution in [0.1, 0.15) is 5.56 Å². The maximum absolute atomic E-state index is 5.44. The summed E-state index contributed by atoms with van der Waals surface area (Å²) in [5.74, 6) is 0.550. The number of halogens is 1. The Kier molecular flexibility index (Phi) is 2.97. The fraction of sp³-hybridized carbons (Fsp3) is 0.125. The molecule has 0 spiro atoms. The van der Waals surface area contributed by atoms with Crippen LogP contribution in [0.4, 0.5) is 0 Å². The van der Waals surface area contributed by atoms with Crippen LogP contribution in [0.15, 0.2) is 30.6 Å². The van der Waals surface area contributed by atoms with Gasteiger partial charge >= 0.3 is 0 Å². The van der Waals surface area contributed by atoms with Crippen LogP contribution in [0.2, 0.25) is 0 Å². The lowest BCUT2D eigenvalue weighted by Crippen LogP contribution is -1.72. The molecule has 0 aliphatic rings. The third kappa shape index (κ3) is 2.19. The third-order valence-corrected chi connectivity index (χ3v) is 1.26. The lowest BCUT2D eigenvalue weighted by Gasteiger charge is -1.87. The van der Waals surface area contributed by atoms with E-state index in [-0.39, 0.29) is 0 Å². The smallest absolute Gasteiger partial charge is 0.0407 e. The molecule has 10 heavy (non-hydrogen) atoms. The van der Waals surface area contributed by atoms with Gasteiger partial charge in [-0.15, -0.1) is 11.6 Å². The van der Waals surface area contributed by atoms with Crippen LogP contribution >= 0.6 is 11.6 Å². The lowest BCUT2D eigenvalue weighted by atomic mass is 10.3. The van der Waals surface area contributed by atoms with E-state index in [9.17, 15) is 0 Å². The quantitative estimate of drug-likeness (QED) is 0.595. The van der Waals surface area contributed by atoms with E-state index in [1.807, 2.05) is 24.3 Å². The zero-order valence-electron chi connectivity index (χ0n) is 5.50. The molecule has 0 radical (unpaired) electrons. The van der Waals surface area contributed by atoms with E-state index in [2.05, 4.69) is 4.98 Å². The fourth-order valence-electron chi connectivity index (χ4n) is 0.655. The van der Waals surface area contributed by atoms with Crippen molar-refractivity contribution in [1.82, 2.24) is 4.98 Å². The summed E-state index contributed by atoms with van der Waals surface area (Å²) in [4.78, 5) is 3.94. The number of aromatic nitrogens is 1. The van der Waals surface area contributed by atoms with E-state index in [4.69, 9.17) is 11.6 Å². The molecule has 1 aromatic heterocycles. The zero-order valence-corrected chi connectivity index (χ0v) is 6.25. The average molecular weight is 154 g/mol. The molecule has 0 aliphatic carbocycles. The molecular formula is C8H8ClN. The molecule has 1 heterocycles. The van der Waals surface area contributed by atoms with Crippen LogP contribution < -0.4 is 0 Å². The van der Waals surface area contributed by atoms with E-state index in [1.54, 1.807) is 12.4 Å². The van der Waals surface area contributed by atoms with Crippen molar-refractivity contribution >= 4 is 17.7 Å². The summed E-state index contributed by atoms with van der Waals surface area (Å²) in [6.07, 6.45) is 7.37. The fourth-order valence-corrected chi connectivity index (χ4v) is 0.744. The van der Waals surface area contributed by atoms with Gasteiger partial charge in [-0.2, -0.15) is 0 Å². The van der Waals surface area contributed by atoms with Gasteiger partial charge < -0.3 is 0 Å². The van der Waals surface area contributed by atoms with E-state index >= 15 is 0 Å². The van der Waals surface area contributed by atoms with Gasteiger partial charge in [-0.25, -0.2) is 0 Å².